The Morgan fingerprint density at radius 2 is 0.950 bits per heavy atom. The number of nitrogens with zero attached hydrogens (tertiary/aromatic N) is 1. The predicted molar refractivity (Wildman–Crippen MR) is 249 cm³/mol. The molecule has 0 aromatic carbocycles. The van der Waals surface area contributed by atoms with Crippen molar-refractivity contribution < 1.29 is 38.2 Å². The maximum absolute atomic E-state index is 12.7. The molecule has 0 rings (SSSR count). The second-order valence-electron chi connectivity index (χ2n) is 16.6. The van der Waals surface area contributed by atoms with E-state index in [0.29, 0.717) is 12.8 Å². The number of carboxylic acid groups (broad SMARTS) is 1. The minimum Gasteiger partial charge on any atom is -0.544 e. The first-order chi connectivity index (χ1) is 29.1. The molecule has 0 fully saturated rings. The molecule has 342 valence electrons. The Morgan fingerprint density at radius 3 is 1.43 bits per heavy atom. The number of unbranched alkanes of at least 4 members (excludes halogenated alkanes) is 13. The van der Waals surface area contributed by atoms with Crippen LogP contribution in [0.25, 0.3) is 0 Å². The van der Waals surface area contributed by atoms with Crippen LogP contribution in [0.4, 0.5) is 0 Å². The number of esters is 2. The van der Waals surface area contributed by atoms with Crippen LogP contribution in [0.5, 0.6) is 0 Å². The fraction of sp³-hybridized carbons (Fsp3) is 0.673. The van der Waals surface area contributed by atoms with Crippen LogP contribution in [0.1, 0.15) is 174 Å². The Bertz CT molecular complexity index is 1250. The fourth-order valence-corrected chi connectivity index (χ4v) is 6.37. The summed E-state index contributed by atoms with van der Waals surface area (Å²) in [4.78, 5) is 36.9. The largest absolute Gasteiger partial charge is 0.544 e. The number of aliphatic carboxylic acids is 1. The molecule has 0 heterocycles. The maximum Gasteiger partial charge on any atom is 0.306 e. The van der Waals surface area contributed by atoms with Gasteiger partial charge < -0.3 is 28.6 Å². The zero-order valence-corrected chi connectivity index (χ0v) is 38.8. The van der Waals surface area contributed by atoms with E-state index in [9.17, 15) is 19.5 Å². The average molecular weight is 838 g/mol. The first-order valence-corrected chi connectivity index (χ1v) is 23.6. The number of carboxylic acids is 1. The van der Waals surface area contributed by atoms with Gasteiger partial charge in [-0.15, -0.1) is 0 Å². The van der Waals surface area contributed by atoms with Crippen LogP contribution < -0.4 is 5.11 Å². The van der Waals surface area contributed by atoms with Crippen molar-refractivity contribution in [3.05, 3.63) is 85.1 Å². The van der Waals surface area contributed by atoms with Crippen LogP contribution in [0.3, 0.4) is 0 Å². The van der Waals surface area contributed by atoms with Crippen LogP contribution in [0.2, 0.25) is 0 Å². The lowest BCUT2D eigenvalue weighted by Crippen LogP contribution is -2.55. The van der Waals surface area contributed by atoms with Gasteiger partial charge in [0, 0.05) is 19.3 Å². The van der Waals surface area contributed by atoms with Gasteiger partial charge in [-0.1, -0.05) is 157 Å². The van der Waals surface area contributed by atoms with Gasteiger partial charge in [0.25, 0.3) is 0 Å². The zero-order chi connectivity index (χ0) is 44.2. The molecule has 2 unspecified atom stereocenters. The molecular formula is C52H87NO7. The summed E-state index contributed by atoms with van der Waals surface area (Å²) in [5, 5.41) is 11.6. The Kier molecular flexibility index (Phi) is 39.8. The molecule has 0 bridgehead atoms. The molecule has 8 nitrogen and oxygen atoms in total. The van der Waals surface area contributed by atoms with E-state index >= 15 is 0 Å². The standard InChI is InChI=1S/C52H87NO7/c1-6-8-10-12-14-16-18-20-22-24-25-27-28-30-32-34-36-38-40-42-50(54)59-47-48(46-58-45-44-49(52(56)57)53(3,4)5)60-51(55)43-41-39-37-35-33-31-29-26-23-21-19-17-15-13-11-9-7-2/h8,10,14-17,20-23,29,31,35,37,48-49H,6-7,9,11-13,18-19,24-28,30,32-34,36,38-47H2,1-5H3/b10-8+,16-14+,17-15+,22-20+,23-21+,31-29+,37-35+. The Morgan fingerprint density at radius 1 is 0.517 bits per heavy atom. The summed E-state index contributed by atoms with van der Waals surface area (Å²) in [5.74, 6) is -1.82. The molecule has 0 amide bonds. The predicted octanol–water partition coefficient (Wildman–Crippen LogP) is 12.0. The lowest BCUT2D eigenvalue weighted by atomic mass is 10.1. The summed E-state index contributed by atoms with van der Waals surface area (Å²) in [5.41, 5.74) is 0. The van der Waals surface area contributed by atoms with Crippen molar-refractivity contribution in [3.63, 3.8) is 0 Å². The number of likely N-dealkylation sites (N-methyl/N-ethyl adjacent to an activating group) is 1. The first-order valence-electron chi connectivity index (χ1n) is 23.6. The minimum atomic E-state index is -1.14. The second kappa shape index (κ2) is 42.2. The van der Waals surface area contributed by atoms with Gasteiger partial charge >= 0.3 is 11.9 Å². The monoisotopic (exact) mass is 838 g/mol. The Hall–Kier alpha value is -3.49. The molecule has 0 aliphatic carbocycles. The van der Waals surface area contributed by atoms with E-state index in [1.807, 2.05) is 0 Å². The van der Waals surface area contributed by atoms with Gasteiger partial charge in [-0.2, -0.15) is 0 Å². The van der Waals surface area contributed by atoms with E-state index in [4.69, 9.17) is 14.2 Å². The number of ether oxygens (including phenoxy) is 3. The summed E-state index contributed by atoms with van der Waals surface area (Å²) in [6.45, 7) is 4.45. The smallest absolute Gasteiger partial charge is 0.306 e. The molecule has 0 saturated heterocycles. The summed E-state index contributed by atoms with van der Waals surface area (Å²) in [6, 6.07) is -0.741. The highest BCUT2D eigenvalue weighted by atomic mass is 16.6. The van der Waals surface area contributed by atoms with Gasteiger partial charge in [0.05, 0.1) is 40.3 Å². The second-order valence-corrected chi connectivity index (χ2v) is 16.6. The third-order valence-electron chi connectivity index (χ3n) is 10.0. The Labute approximate surface area is 367 Å². The quantitative estimate of drug-likeness (QED) is 0.0261. The lowest BCUT2D eigenvalue weighted by molar-refractivity contribution is -0.889. The van der Waals surface area contributed by atoms with E-state index in [1.165, 1.54) is 64.2 Å². The molecule has 2 atom stereocenters. The van der Waals surface area contributed by atoms with Gasteiger partial charge in [0.15, 0.2) is 6.10 Å². The van der Waals surface area contributed by atoms with Crippen LogP contribution in [0.15, 0.2) is 85.1 Å². The summed E-state index contributed by atoms with van der Waals surface area (Å²) < 4.78 is 17.1. The van der Waals surface area contributed by atoms with Crippen LogP contribution >= 0.6 is 0 Å². The first kappa shape index (κ1) is 56.5. The van der Waals surface area contributed by atoms with Gasteiger partial charge in [0.1, 0.15) is 12.6 Å². The van der Waals surface area contributed by atoms with Gasteiger partial charge in [-0.25, -0.2) is 0 Å². The van der Waals surface area contributed by atoms with E-state index < -0.39 is 18.1 Å². The van der Waals surface area contributed by atoms with Crippen molar-refractivity contribution in [2.24, 2.45) is 0 Å². The Balaban J connectivity index is 4.40. The molecular weight excluding hydrogens is 751 g/mol. The van der Waals surface area contributed by atoms with Crippen molar-refractivity contribution in [1.29, 1.82) is 0 Å². The number of hydrogen-bond acceptors (Lipinski definition) is 7. The molecule has 60 heavy (non-hydrogen) atoms. The number of quaternary nitrogens is 1. The number of hydrogen-bond donors (Lipinski definition) is 0. The fourth-order valence-electron chi connectivity index (χ4n) is 6.37. The van der Waals surface area contributed by atoms with Crippen molar-refractivity contribution in [2.75, 3.05) is 41.0 Å². The van der Waals surface area contributed by atoms with Crippen LogP contribution in [0, 0.1) is 0 Å². The van der Waals surface area contributed by atoms with Crippen LogP contribution in [-0.4, -0.2) is 75.5 Å². The summed E-state index contributed by atoms with van der Waals surface area (Å²) in [6.07, 6.45) is 54.7. The highest BCUT2D eigenvalue weighted by Gasteiger charge is 2.25. The van der Waals surface area contributed by atoms with Crippen molar-refractivity contribution in [2.45, 2.75) is 187 Å². The molecule has 8 heteroatoms. The molecule has 0 spiro atoms. The SMILES string of the molecule is CC/C=C/C/C=C/C/C=C/CCCCCCCCCCCC(=O)OCC(COCCC(C(=O)[O-])[N+](C)(C)C)OC(=O)CCC/C=C/C/C=C/C/C=C/C/C=C/CCCCC. The number of allylic oxidation sites excluding steroid dienone is 14. The lowest BCUT2D eigenvalue weighted by Gasteiger charge is -2.34. The summed E-state index contributed by atoms with van der Waals surface area (Å²) >= 11 is 0. The minimum absolute atomic E-state index is 0.0127. The van der Waals surface area contributed by atoms with E-state index in [2.05, 4.69) is 98.9 Å². The van der Waals surface area contributed by atoms with Crippen molar-refractivity contribution in [1.82, 2.24) is 0 Å². The maximum atomic E-state index is 12.7. The third kappa shape index (κ3) is 39.9. The molecule has 0 aromatic rings. The molecule has 0 saturated carbocycles. The van der Waals surface area contributed by atoms with Gasteiger partial charge in [0.2, 0.25) is 0 Å². The van der Waals surface area contributed by atoms with Crippen molar-refractivity contribution in [3.8, 4) is 0 Å². The number of carbonyl (C=O) groups excluding carboxylic acids is 3. The number of rotatable bonds is 41. The van der Waals surface area contributed by atoms with Crippen molar-refractivity contribution >= 4 is 17.9 Å². The molecule has 0 aromatic heterocycles. The van der Waals surface area contributed by atoms with Gasteiger partial charge in [-0.3, -0.25) is 9.59 Å². The zero-order valence-electron chi connectivity index (χ0n) is 38.8. The third-order valence-corrected chi connectivity index (χ3v) is 10.0. The normalized spacial score (nSPS) is 13.7. The molecule has 0 aliphatic rings. The van der Waals surface area contributed by atoms with Gasteiger partial charge in [-0.05, 0) is 83.5 Å². The average Bonchev–Trinajstić information content (AvgIpc) is 3.21. The molecule has 0 N–H and O–H groups in total. The van der Waals surface area contributed by atoms with E-state index in [-0.39, 0.29) is 49.1 Å². The summed E-state index contributed by atoms with van der Waals surface area (Å²) in [7, 11) is 5.38. The highest BCUT2D eigenvalue weighted by Crippen LogP contribution is 2.13. The topological polar surface area (TPSA) is 102 Å². The van der Waals surface area contributed by atoms with Crippen LogP contribution in [-0.2, 0) is 28.6 Å². The number of carbonyl (C=O) groups is 3. The van der Waals surface area contributed by atoms with E-state index in [0.717, 1.165) is 70.6 Å². The molecule has 0 radical (unpaired) electrons. The van der Waals surface area contributed by atoms with E-state index in [1.54, 1.807) is 21.1 Å². The highest BCUT2D eigenvalue weighted by molar-refractivity contribution is 5.70. The molecule has 0 aliphatic heterocycles.